The molecule has 9 heteroatoms. The first-order valence-corrected chi connectivity index (χ1v) is 10.9. The molecule has 2 aromatic rings. The highest BCUT2D eigenvalue weighted by Crippen LogP contribution is 2.36. The van der Waals surface area contributed by atoms with Gasteiger partial charge in [0, 0.05) is 28.9 Å². The lowest BCUT2D eigenvalue weighted by atomic mass is 10.1. The van der Waals surface area contributed by atoms with Crippen LogP contribution in [0.25, 0.3) is 0 Å². The number of carbonyl (C=O) groups is 1. The van der Waals surface area contributed by atoms with Gasteiger partial charge in [0.05, 0.1) is 5.69 Å². The molecule has 0 unspecified atom stereocenters. The van der Waals surface area contributed by atoms with Crippen molar-refractivity contribution in [1.82, 2.24) is 4.90 Å². The third kappa shape index (κ3) is 3.45. The average Bonchev–Trinajstić information content (AvgIpc) is 3.35. The van der Waals surface area contributed by atoms with Gasteiger partial charge < -0.3 is 4.90 Å². The third-order valence-electron chi connectivity index (χ3n) is 4.52. The molecule has 0 bridgehead atoms. The van der Waals surface area contributed by atoms with Crippen molar-refractivity contribution in [3.63, 3.8) is 0 Å². The molecule has 1 aliphatic carbocycles. The van der Waals surface area contributed by atoms with E-state index in [1.807, 2.05) is 0 Å². The highest BCUT2D eigenvalue weighted by atomic mass is 35.5. The molecule has 5 nitrogen and oxygen atoms in total. The Labute approximate surface area is 159 Å². The van der Waals surface area contributed by atoms with Gasteiger partial charge in [-0.15, -0.1) is 11.3 Å². The van der Waals surface area contributed by atoms with Crippen LogP contribution in [0.15, 0.2) is 28.5 Å². The van der Waals surface area contributed by atoms with Crippen molar-refractivity contribution in [1.29, 1.82) is 0 Å². The van der Waals surface area contributed by atoms with Gasteiger partial charge in [0.2, 0.25) is 5.91 Å². The summed E-state index contributed by atoms with van der Waals surface area (Å²) in [6.07, 6.45) is 2.53. The van der Waals surface area contributed by atoms with Crippen LogP contribution in [0.5, 0.6) is 0 Å². The number of benzene rings is 1. The van der Waals surface area contributed by atoms with Crippen LogP contribution in [0.2, 0.25) is 5.02 Å². The van der Waals surface area contributed by atoms with Crippen LogP contribution in [0, 0.1) is 11.7 Å². The summed E-state index contributed by atoms with van der Waals surface area (Å²) in [5, 5.41) is 0.240. The van der Waals surface area contributed by atoms with Crippen LogP contribution < -0.4 is 4.72 Å². The molecule has 2 aliphatic rings. The molecule has 1 fully saturated rings. The number of sulfonamides is 1. The first kappa shape index (κ1) is 17.8. The van der Waals surface area contributed by atoms with Gasteiger partial charge in [-0.3, -0.25) is 9.52 Å². The number of hydrogen-bond acceptors (Lipinski definition) is 4. The van der Waals surface area contributed by atoms with Crippen molar-refractivity contribution in [2.45, 2.75) is 30.0 Å². The van der Waals surface area contributed by atoms with E-state index >= 15 is 0 Å². The normalized spacial score (nSPS) is 17.1. The second kappa shape index (κ2) is 6.51. The second-order valence-electron chi connectivity index (χ2n) is 6.53. The van der Waals surface area contributed by atoms with Crippen LogP contribution in [0.4, 0.5) is 10.1 Å². The fourth-order valence-electron chi connectivity index (χ4n) is 2.99. The fraction of sp³-hybridized carbons (Fsp3) is 0.353. The van der Waals surface area contributed by atoms with Gasteiger partial charge >= 0.3 is 0 Å². The summed E-state index contributed by atoms with van der Waals surface area (Å²) in [5.74, 6) is -0.392. The van der Waals surface area contributed by atoms with Crippen LogP contribution in [-0.4, -0.2) is 25.8 Å². The van der Waals surface area contributed by atoms with Crippen molar-refractivity contribution in [3.8, 4) is 0 Å². The van der Waals surface area contributed by atoms with E-state index in [-0.39, 0.29) is 26.7 Å². The lowest BCUT2D eigenvalue weighted by Gasteiger charge is -2.26. The van der Waals surface area contributed by atoms with E-state index in [0.717, 1.165) is 29.3 Å². The van der Waals surface area contributed by atoms with Crippen LogP contribution in [0.3, 0.4) is 0 Å². The lowest BCUT2D eigenvalue weighted by molar-refractivity contribution is -0.133. The van der Waals surface area contributed by atoms with E-state index in [0.29, 0.717) is 19.5 Å². The van der Waals surface area contributed by atoms with Crippen LogP contribution >= 0.6 is 22.9 Å². The molecule has 26 heavy (non-hydrogen) atoms. The molecule has 1 aromatic heterocycles. The minimum Gasteiger partial charge on any atom is -0.338 e. The number of anilines is 1. The summed E-state index contributed by atoms with van der Waals surface area (Å²) < 4.78 is 41.5. The predicted octanol–water partition coefficient (Wildman–Crippen LogP) is 3.64. The number of fused-ring (bicyclic) bond motifs is 1. The Morgan fingerprint density at radius 1 is 1.31 bits per heavy atom. The van der Waals surface area contributed by atoms with Gasteiger partial charge in [-0.2, -0.15) is 0 Å². The van der Waals surface area contributed by atoms with Gasteiger partial charge in [0.1, 0.15) is 10.0 Å². The molecule has 4 rings (SSSR count). The summed E-state index contributed by atoms with van der Waals surface area (Å²) in [5.41, 5.74) is 0.664. The number of rotatable bonds is 4. The van der Waals surface area contributed by atoms with Crippen molar-refractivity contribution >= 4 is 44.6 Å². The summed E-state index contributed by atoms with van der Waals surface area (Å²) in [6, 6.07) is 5.28. The van der Waals surface area contributed by atoms with E-state index in [1.165, 1.54) is 23.5 Å². The summed E-state index contributed by atoms with van der Waals surface area (Å²) >= 11 is 6.98. The zero-order valence-corrected chi connectivity index (χ0v) is 16.1. The Morgan fingerprint density at radius 2 is 2.08 bits per heavy atom. The number of hydrogen-bond donors (Lipinski definition) is 1. The third-order valence-corrected chi connectivity index (χ3v) is 7.83. The molecular weight excluding hydrogens is 399 g/mol. The standard InChI is InChI=1S/C17H16ClFN2O3S2/c18-12-3-4-13(19)14(8-12)20-26(23,24)16-7-11-9-21(6-5-15(11)25-16)17(22)10-1-2-10/h3-4,7-8,10,20H,1-2,5-6,9H2. The maximum absolute atomic E-state index is 13.8. The van der Waals surface area contributed by atoms with Crippen LogP contribution in [0.1, 0.15) is 23.3 Å². The van der Waals surface area contributed by atoms with Gasteiger partial charge in [0.25, 0.3) is 10.0 Å². The monoisotopic (exact) mass is 414 g/mol. The molecule has 2 heterocycles. The van der Waals surface area contributed by atoms with E-state index in [2.05, 4.69) is 4.72 Å². The molecule has 0 radical (unpaired) electrons. The van der Waals surface area contributed by atoms with Crippen molar-refractivity contribution in [2.24, 2.45) is 5.92 Å². The first-order valence-electron chi connectivity index (χ1n) is 8.22. The molecular formula is C17H16ClFN2O3S2. The number of nitrogens with zero attached hydrogens (tertiary/aromatic N) is 1. The number of nitrogens with one attached hydrogen (secondary N) is 1. The Balaban J connectivity index is 1.57. The zero-order chi connectivity index (χ0) is 18.5. The summed E-state index contributed by atoms with van der Waals surface area (Å²) in [7, 11) is -3.92. The molecule has 1 amide bonds. The topological polar surface area (TPSA) is 66.5 Å². The molecule has 1 saturated carbocycles. The fourth-order valence-corrected chi connectivity index (χ4v) is 5.76. The Kier molecular flexibility index (Phi) is 4.45. The maximum Gasteiger partial charge on any atom is 0.271 e. The number of carbonyl (C=O) groups excluding carboxylic acids is 1. The number of halogens is 2. The number of amides is 1. The minimum absolute atomic E-state index is 0.114. The van der Waals surface area contributed by atoms with E-state index in [4.69, 9.17) is 11.6 Å². The molecule has 1 aliphatic heterocycles. The smallest absolute Gasteiger partial charge is 0.271 e. The molecule has 1 N–H and O–H groups in total. The van der Waals surface area contributed by atoms with Crippen molar-refractivity contribution in [2.75, 3.05) is 11.3 Å². The van der Waals surface area contributed by atoms with Gasteiger partial charge in [0.15, 0.2) is 0 Å². The van der Waals surface area contributed by atoms with Gasteiger partial charge in [-0.25, -0.2) is 12.8 Å². The van der Waals surface area contributed by atoms with Gasteiger partial charge in [-0.1, -0.05) is 11.6 Å². The largest absolute Gasteiger partial charge is 0.338 e. The Hall–Kier alpha value is -1.64. The average molecular weight is 415 g/mol. The van der Waals surface area contributed by atoms with Crippen LogP contribution in [-0.2, 0) is 27.8 Å². The maximum atomic E-state index is 13.8. The van der Waals surface area contributed by atoms with Crippen molar-refractivity contribution in [3.05, 3.63) is 45.5 Å². The lowest BCUT2D eigenvalue weighted by Crippen LogP contribution is -2.36. The molecule has 138 valence electrons. The SMILES string of the molecule is O=C(C1CC1)N1CCc2sc(S(=O)(=O)Nc3cc(Cl)ccc3F)cc2C1. The predicted molar refractivity (Wildman–Crippen MR) is 98.4 cm³/mol. The Morgan fingerprint density at radius 3 is 2.81 bits per heavy atom. The highest BCUT2D eigenvalue weighted by molar-refractivity contribution is 7.94. The molecule has 0 spiro atoms. The van der Waals surface area contributed by atoms with Crippen molar-refractivity contribution < 1.29 is 17.6 Å². The highest BCUT2D eigenvalue weighted by Gasteiger charge is 2.35. The molecule has 0 atom stereocenters. The van der Waals surface area contributed by atoms with Gasteiger partial charge in [-0.05, 0) is 49.1 Å². The second-order valence-corrected chi connectivity index (χ2v) is 10.0. The zero-order valence-electron chi connectivity index (χ0n) is 13.7. The summed E-state index contributed by atoms with van der Waals surface area (Å²) in [4.78, 5) is 15.0. The quantitative estimate of drug-likeness (QED) is 0.830. The van der Waals surface area contributed by atoms with E-state index in [9.17, 15) is 17.6 Å². The molecule has 1 aromatic carbocycles. The minimum atomic E-state index is -3.92. The van der Waals surface area contributed by atoms with E-state index in [1.54, 1.807) is 11.0 Å². The Bertz CT molecular complexity index is 986. The molecule has 0 saturated heterocycles. The number of thiophene rings is 1. The van der Waals surface area contributed by atoms with E-state index < -0.39 is 15.8 Å². The first-order chi connectivity index (χ1) is 12.3. The summed E-state index contributed by atoms with van der Waals surface area (Å²) in [6.45, 7) is 1.04.